The number of nitrogens with zero attached hydrogens (tertiary/aromatic N) is 1. The highest BCUT2D eigenvalue weighted by Gasteiger charge is 2.12. The Morgan fingerprint density at radius 3 is 2.12 bits per heavy atom. The van der Waals surface area contributed by atoms with Crippen LogP contribution in [0.4, 0.5) is 14.5 Å². The fourth-order valence-electron chi connectivity index (χ4n) is 2.22. The molecule has 0 aliphatic carbocycles. The molecule has 0 aliphatic rings. The lowest BCUT2D eigenvalue weighted by molar-refractivity contribution is 0.274. The van der Waals surface area contributed by atoms with Crippen LogP contribution in [0.15, 0.2) is 77.9 Å². The number of nitrogens with one attached hydrogen (secondary N) is 1. The van der Waals surface area contributed by atoms with Gasteiger partial charge < -0.3 is 4.74 Å². The van der Waals surface area contributed by atoms with Crippen molar-refractivity contribution in [2.45, 2.75) is 6.61 Å². The maximum absolute atomic E-state index is 14.1. The Morgan fingerprint density at radius 1 is 0.880 bits per heavy atom. The number of hydrogen-bond acceptors (Lipinski definition) is 3. The lowest BCUT2D eigenvalue weighted by Gasteiger charge is -2.09. The van der Waals surface area contributed by atoms with Gasteiger partial charge in [0.15, 0.2) is 17.4 Å². The van der Waals surface area contributed by atoms with Crippen molar-refractivity contribution in [2.75, 3.05) is 5.43 Å². The van der Waals surface area contributed by atoms with Gasteiger partial charge in [-0.15, -0.1) is 0 Å². The summed E-state index contributed by atoms with van der Waals surface area (Å²) in [4.78, 5) is 0. The van der Waals surface area contributed by atoms with Crippen LogP contribution in [0.1, 0.15) is 11.1 Å². The van der Waals surface area contributed by atoms with E-state index in [4.69, 9.17) is 4.74 Å². The molecule has 0 unspecified atom stereocenters. The zero-order valence-corrected chi connectivity index (χ0v) is 13.3. The molecule has 0 radical (unpaired) electrons. The highest BCUT2D eigenvalue weighted by atomic mass is 19.1. The molecule has 0 fully saturated rings. The minimum absolute atomic E-state index is 0.0949. The van der Waals surface area contributed by atoms with Crippen LogP contribution in [-0.2, 0) is 6.61 Å². The summed E-state index contributed by atoms with van der Waals surface area (Å²) in [6.45, 7) is 0.0949. The maximum Gasteiger partial charge on any atom is 0.191 e. The zero-order valence-electron chi connectivity index (χ0n) is 13.3. The van der Waals surface area contributed by atoms with Crippen LogP contribution >= 0.6 is 0 Å². The van der Waals surface area contributed by atoms with E-state index in [1.807, 2.05) is 60.7 Å². The Morgan fingerprint density at radius 2 is 1.48 bits per heavy atom. The maximum atomic E-state index is 14.1. The van der Waals surface area contributed by atoms with E-state index in [1.54, 1.807) is 0 Å². The molecule has 1 N–H and O–H groups in total. The van der Waals surface area contributed by atoms with Crippen molar-refractivity contribution in [3.8, 4) is 5.75 Å². The van der Waals surface area contributed by atoms with Gasteiger partial charge in [-0.05, 0) is 29.8 Å². The molecule has 0 atom stereocenters. The number of hydrogen-bond donors (Lipinski definition) is 1. The summed E-state index contributed by atoms with van der Waals surface area (Å²) in [5.74, 6) is -1.92. The van der Waals surface area contributed by atoms with Gasteiger partial charge in [0.2, 0.25) is 0 Å². The molecule has 3 nitrogen and oxygen atoms in total. The Balaban J connectivity index is 1.67. The summed E-state index contributed by atoms with van der Waals surface area (Å²) in [5, 5.41) is 3.97. The Bertz CT molecular complexity index is 829. The average molecular weight is 338 g/mol. The normalized spacial score (nSPS) is 10.8. The third-order valence-electron chi connectivity index (χ3n) is 3.43. The predicted octanol–water partition coefficient (Wildman–Crippen LogP) is 4.99. The summed E-state index contributed by atoms with van der Waals surface area (Å²) in [6, 6.07) is 20.8. The van der Waals surface area contributed by atoms with Crippen molar-refractivity contribution in [3.63, 3.8) is 0 Å². The van der Waals surface area contributed by atoms with Crippen LogP contribution in [0.25, 0.3) is 0 Å². The largest absolute Gasteiger partial charge is 0.483 e. The van der Waals surface area contributed by atoms with Crippen LogP contribution in [-0.4, -0.2) is 6.21 Å². The van der Waals surface area contributed by atoms with E-state index in [2.05, 4.69) is 10.5 Å². The Kier molecular flexibility index (Phi) is 5.36. The van der Waals surface area contributed by atoms with Crippen LogP contribution in [0.5, 0.6) is 5.75 Å². The third kappa shape index (κ3) is 4.64. The van der Waals surface area contributed by atoms with E-state index in [9.17, 15) is 8.78 Å². The molecule has 3 aromatic carbocycles. The summed E-state index contributed by atoms with van der Waals surface area (Å²) in [7, 11) is 0. The zero-order chi connectivity index (χ0) is 17.5. The number of halogens is 2. The average Bonchev–Trinajstić information content (AvgIpc) is 2.63. The predicted molar refractivity (Wildman–Crippen MR) is 94.8 cm³/mol. The first-order chi connectivity index (χ1) is 12.2. The number of benzene rings is 3. The van der Waals surface area contributed by atoms with Gasteiger partial charge in [0.25, 0.3) is 0 Å². The molecule has 5 heteroatoms. The van der Waals surface area contributed by atoms with Gasteiger partial charge >= 0.3 is 0 Å². The molecule has 25 heavy (non-hydrogen) atoms. The number of hydrazone groups is 1. The quantitative estimate of drug-likeness (QED) is 0.507. The van der Waals surface area contributed by atoms with Crippen LogP contribution in [0, 0.1) is 11.6 Å². The minimum atomic E-state index is -0.767. The van der Waals surface area contributed by atoms with Gasteiger partial charge in [-0.25, -0.2) is 8.78 Å². The van der Waals surface area contributed by atoms with E-state index in [0.29, 0.717) is 5.56 Å². The summed E-state index contributed by atoms with van der Waals surface area (Å²) < 4.78 is 33.5. The first-order valence-electron chi connectivity index (χ1n) is 7.72. The van der Waals surface area contributed by atoms with Gasteiger partial charge in [0.05, 0.1) is 11.9 Å². The highest BCUT2D eigenvalue weighted by Crippen LogP contribution is 2.24. The van der Waals surface area contributed by atoms with Crippen molar-refractivity contribution in [1.29, 1.82) is 0 Å². The number of rotatable bonds is 6. The molecule has 0 aromatic heterocycles. The van der Waals surface area contributed by atoms with Gasteiger partial charge in [-0.2, -0.15) is 5.10 Å². The Hall–Kier alpha value is -3.21. The molecule has 0 amide bonds. The second-order valence-corrected chi connectivity index (χ2v) is 5.32. The van der Waals surface area contributed by atoms with Crippen molar-refractivity contribution in [2.24, 2.45) is 5.10 Å². The standard InChI is InChI=1S/C20H16F2N2O/c21-18-11-16(13-23-24-17-9-5-2-6-10-17)12-19(22)20(18)25-14-15-7-3-1-4-8-15/h1-13,24H,14H2. The smallest absolute Gasteiger partial charge is 0.191 e. The molecule has 0 spiro atoms. The van der Waals surface area contributed by atoms with Crippen LogP contribution in [0.2, 0.25) is 0 Å². The van der Waals surface area contributed by atoms with E-state index in [0.717, 1.165) is 11.3 Å². The van der Waals surface area contributed by atoms with Crippen LogP contribution < -0.4 is 10.2 Å². The van der Waals surface area contributed by atoms with E-state index < -0.39 is 17.4 Å². The molecule has 0 bridgehead atoms. The third-order valence-corrected chi connectivity index (χ3v) is 3.43. The molecule has 0 saturated carbocycles. The lowest BCUT2D eigenvalue weighted by Crippen LogP contribution is -2.01. The Labute approximate surface area is 144 Å². The molecular formula is C20H16F2N2O. The second-order valence-electron chi connectivity index (χ2n) is 5.32. The van der Waals surface area contributed by atoms with Gasteiger partial charge in [-0.1, -0.05) is 48.5 Å². The van der Waals surface area contributed by atoms with E-state index >= 15 is 0 Å². The summed E-state index contributed by atoms with van der Waals surface area (Å²) in [6.07, 6.45) is 1.35. The van der Waals surface area contributed by atoms with Crippen molar-refractivity contribution < 1.29 is 13.5 Å². The minimum Gasteiger partial charge on any atom is -0.483 e. The highest BCUT2D eigenvalue weighted by molar-refractivity contribution is 5.80. The molecule has 0 saturated heterocycles. The van der Waals surface area contributed by atoms with Crippen molar-refractivity contribution in [3.05, 3.63) is 95.6 Å². The van der Waals surface area contributed by atoms with E-state index in [-0.39, 0.29) is 6.61 Å². The lowest BCUT2D eigenvalue weighted by atomic mass is 10.2. The molecule has 3 aromatic rings. The van der Waals surface area contributed by atoms with E-state index in [1.165, 1.54) is 18.3 Å². The number of anilines is 1. The second kappa shape index (κ2) is 8.06. The topological polar surface area (TPSA) is 33.6 Å². The number of para-hydroxylation sites is 1. The molecule has 0 aliphatic heterocycles. The van der Waals surface area contributed by atoms with Gasteiger partial charge in [0.1, 0.15) is 6.61 Å². The molecule has 3 rings (SSSR count). The first kappa shape index (κ1) is 16.6. The molecular weight excluding hydrogens is 322 g/mol. The van der Waals surface area contributed by atoms with Gasteiger partial charge in [-0.3, -0.25) is 5.43 Å². The fraction of sp³-hybridized carbons (Fsp3) is 0.0500. The molecule has 126 valence electrons. The monoisotopic (exact) mass is 338 g/mol. The fourth-order valence-corrected chi connectivity index (χ4v) is 2.22. The first-order valence-corrected chi connectivity index (χ1v) is 7.72. The van der Waals surface area contributed by atoms with Gasteiger partial charge in [0, 0.05) is 5.56 Å². The summed E-state index contributed by atoms with van der Waals surface area (Å²) in [5.41, 5.74) is 4.70. The SMILES string of the molecule is Fc1cc(C=NNc2ccccc2)cc(F)c1OCc1ccccc1. The number of ether oxygens (including phenoxy) is 1. The van der Waals surface area contributed by atoms with Crippen LogP contribution in [0.3, 0.4) is 0 Å². The van der Waals surface area contributed by atoms with Crippen molar-refractivity contribution >= 4 is 11.9 Å². The summed E-state index contributed by atoms with van der Waals surface area (Å²) >= 11 is 0. The van der Waals surface area contributed by atoms with Crippen molar-refractivity contribution in [1.82, 2.24) is 0 Å². The molecule has 0 heterocycles.